The maximum atomic E-state index is 12.4. The van der Waals surface area contributed by atoms with Gasteiger partial charge in [0, 0.05) is 32.7 Å². The predicted octanol–water partition coefficient (Wildman–Crippen LogP) is 3.15. The Bertz CT molecular complexity index is 1090. The molecule has 166 valence electrons. The minimum Gasteiger partial charge on any atom is -0.368 e. The number of fused-ring (bicyclic) bond motifs is 1. The molecule has 3 aromatic rings. The molecule has 4 rings (SSSR count). The van der Waals surface area contributed by atoms with Gasteiger partial charge in [-0.1, -0.05) is 23.7 Å². The van der Waals surface area contributed by atoms with Gasteiger partial charge in [-0.05, 0) is 45.9 Å². The minimum absolute atomic E-state index is 0.168. The molecule has 8 nitrogen and oxygen atoms in total. The lowest BCUT2D eigenvalue weighted by Crippen LogP contribution is -2.47. The Labute approximate surface area is 187 Å². The first-order valence-electron chi connectivity index (χ1n) is 10.8. The molecule has 1 aliphatic rings. The van der Waals surface area contributed by atoms with Gasteiger partial charge in [0.1, 0.15) is 5.39 Å². The van der Waals surface area contributed by atoms with E-state index in [1.54, 1.807) is 10.9 Å². The molecule has 0 saturated carbocycles. The molecule has 0 radical (unpaired) electrons. The Kier molecular flexibility index (Phi) is 6.20. The normalized spacial score (nSPS) is 15.5. The first-order chi connectivity index (χ1) is 14.8. The van der Waals surface area contributed by atoms with E-state index in [0.717, 1.165) is 56.4 Å². The minimum atomic E-state index is -0.244. The SMILES string of the molecule is CC(C)(C)n1ncc2c(=O)[nH]c(NCCCN3CCN(c4ccccc4Cl)CC3)nc21. The van der Waals surface area contributed by atoms with Crippen molar-refractivity contribution in [3.63, 3.8) is 0 Å². The van der Waals surface area contributed by atoms with E-state index in [1.807, 2.05) is 39.0 Å². The highest BCUT2D eigenvalue weighted by Gasteiger charge is 2.20. The maximum absolute atomic E-state index is 12.4. The van der Waals surface area contributed by atoms with E-state index < -0.39 is 0 Å². The van der Waals surface area contributed by atoms with Crippen molar-refractivity contribution in [2.75, 3.05) is 49.5 Å². The van der Waals surface area contributed by atoms with Gasteiger partial charge in [-0.15, -0.1) is 0 Å². The third-order valence-corrected chi connectivity index (χ3v) is 5.90. The van der Waals surface area contributed by atoms with Crippen LogP contribution >= 0.6 is 11.6 Å². The second kappa shape index (κ2) is 8.88. The fourth-order valence-electron chi connectivity index (χ4n) is 3.92. The number of H-pyrrole nitrogens is 1. The van der Waals surface area contributed by atoms with Gasteiger partial charge in [0.2, 0.25) is 5.95 Å². The molecule has 0 amide bonds. The van der Waals surface area contributed by atoms with Crippen LogP contribution in [0.1, 0.15) is 27.2 Å². The number of nitrogens with one attached hydrogen (secondary N) is 2. The summed E-state index contributed by atoms with van der Waals surface area (Å²) in [5, 5.41) is 8.93. The summed E-state index contributed by atoms with van der Waals surface area (Å²) in [4.78, 5) is 24.6. The standard InChI is InChI=1S/C22H30ClN7O/c1-22(2,3)30-19-16(15-25-30)20(31)27-21(26-19)24-9-6-10-28-11-13-29(14-12-28)18-8-5-4-7-17(18)23/h4-5,7-8,15H,6,9-14H2,1-3H3,(H2,24,26,27,31). The third-order valence-electron chi connectivity index (χ3n) is 5.58. The quantitative estimate of drug-likeness (QED) is 0.569. The van der Waals surface area contributed by atoms with Crippen LogP contribution in [-0.2, 0) is 5.54 Å². The summed E-state index contributed by atoms with van der Waals surface area (Å²) in [5.41, 5.74) is 1.31. The van der Waals surface area contributed by atoms with Gasteiger partial charge in [-0.2, -0.15) is 10.1 Å². The number of rotatable bonds is 6. The summed E-state index contributed by atoms with van der Waals surface area (Å²) < 4.78 is 1.79. The zero-order chi connectivity index (χ0) is 22.0. The largest absolute Gasteiger partial charge is 0.368 e. The number of halogens is 1. The molecular weight excluding hydrogens is 414 g/mol. The number of piperazine rings is 1. The van der Waals surface area contributed by atoms with Crippen LogP contribution in [0.3, 0.4) is 0 Å². The summed E-state index contributed by atoms with van der Waals surface area (Å²) in [6.45, 7) is 11.8. The first kappa shape index (κ1) is 21.6. The number of aromatic nitrogens is 4. The topological polar surface area (TPSA) is 82.1 Å². The van der Waals surface area contributed by atoms with E-state index in [0.29, 0.717) is 17.0 Å². The molecule has 9 heteroatoms. The van der Waals surface area contributed by atoms with Crippen molar-refractivity contribution in [3.05, 3.63) is 45.8 Å². The van der Waals surface area contributed by atoms with E-state index >= 15 is 0 Å². The number of hydrogen-bond donors (Lipinski definition) is 2. The van der Waals surface area contributed by atoms with Crippen molar-refractivity contribution in [1.82, 2.24) is 24.6 Å². The Morgan fingerprint density at radius 1 is 1.16 bits per heavy atom. The highest BCUT2D eigenvalue weighted by Crippen LogP contribution is 2.26. The smallest absolute Gasteiger partial charge is 0.263 e. The number of benzene rings is 1. The van der Waals surface area contributed by atoms with Crippen LogP contribution in [0.5, 0.6) is 0 Å². The molecule has 0 aliphatic carbocycles. The van der Waals surface area contributed by atoms with Crippen LogP contribution in [0, 0.1) is 0 Å². The molecule has 1 aromatic carbocycles. The van der Waals surface area contributed by atoms with Crippen LogP contribution in [0.2, 0.25) is 5.02 Å². The number of anilines is 2. The summed E-state index contributed by atoms with van der Waals surface area (Å²) in [5.74, 6) is 0.493. The molecule has 0 atom stereocenters. The van der Waals surface area contributed by atoms with Crippen molar-refractivity contribution in [1.29, 1.82) is 0 Å². The molecular formula is C22H30ClN7O. The number of hydrogen-bond acceptors (Lipinski definition) is 6. The molecule has 2 aromatic heterocycles. The van der Waals surface area contributed by atoms with Crippen molar-refractivity contribution in [2.45, 2.75) is 32.7 Å². The van der Waals surface area contributed by atoms with Gasteiger partial charge < -0.3 is 10.2 Å². The number of para-hydroxylation sites is 1. The number of aromatic amines is 1. The lowest BCUT2D eigenvalue weighted by atomic mass is 10.1. The highest BCUT2D eigenvalue weighted by molar-refractivity contribution is 6.33. The van der Waals surface area contributed by atoms with Crippen LogP contribution < -0.4 is 15.8 Å². The average Bonchev–Trinajstić information content (AvgIpc) is 3.17. The molecule has 0 bridgehead atoms. The lowest BCUT2D eigenvalue weighted by molar-refractivity contribution is 0.257. The summed E-state index contributed by atoms with van der Waals surface area (Å²) in [7, 11) is 0. The van der Waals surface area contributed by atoms with Gasteiger partial charge in [0.15, 0.2) is 5.65 Å². The Hall–Kier alpha value is -2.58. The predicted molar refractivity (Wildman–Crippen MR) is 126 cm³/mol. The average molecular weight is 444 g/mol. The molecule has 1 fully saturated rings. The zero-order valence-electron chi connectivity index (χ0n) is 18.4. The Morgan fingerprint density at radius 2 is 1.90 bits per heavy atom. The zero-order valence-corrected chi connectivity index (χ0v) is 19.1. The maximum Gasteiger partial charge on any atom is 0.263 e. The molecule has 1 saturated heterocycles. The van der Waals surface area contributed by atoms with Crippen molar-refractivity contribution in [3.8, 4) is 0 Å². The Balaban J connectivity index is 1.28. The van der Waals surface area contributed by atoms with E-state index in [2.05, 4.69) is 36.2 Å². The molecule has 31 heavy (non-hydrogen) atoms. The van der Waals surface area contributed by atoms with Crippen molar-refractivity contribution in [2.24, 2.45) is 0 Å². The fraction of sp³-hybridized carbons (Fsp3) is 0.500. The monoisotopic (exact) mass is 443 g/mol. The second-order valence-corrected chi connectivity index (χ2v) is 9.35. The highest BCUT2D eigenvalue weighted by atomic mass is 35.5. The van der Waals surface area contributed by atoms with Gasteiger partial charge in [-0.3, -0.25) is 14.7 Å². The number of nitrogens with zero attached hydrogens (tertiary/aromatic N) is 5. The summed E-state index contributed by atoms with van der Waals surface area (Å²) in [6.07, 6.45) is 2.55. The molecule has 3 heterocycles. The van der Waals surface area contributed by atoms with Crippen LogP contribution in [0.15, 0.2) is 35.3 Å². The third kappa shape index (κ3) is 4.85. The first-order valence-corrected chi connectivity index (χ1v) is 11.1. The van der Waals surface area contributed by atoms with Crippen molar-refractivity contribution >= 4 is 34.3 Å². The molecule has 0 spiro atoms. The molecule has 0 unspecified atom stereocenters. The van der Waals surface area contributed by atoms with Crippen molar-refractivity contribution < 1.29 is 0 Å². The molecule has 1 aliphatic heterocycles. The van der Waals surface area contributed by atoms with Gasteiger partial charge in [-0.25, -0.2) is 4.68 Å². The van der Waals surface area contributed by atoms with Gasteiger partial charge in [0.05, 0.1) is 22.4 Å². The van der Waals surface area contributed by atoms with Crippen LogP contribution in [0.25, 0.3) is 11.0 Å². The van der Waals surface area contributed by atoms with E-state index in [1.165, 1.54) is 0 Å². The van der Waals surface area contributed by atoms with Gasteiger partial charge in [0.25, 0.3) is 5.56 Å². The van der Waals surface area contributed by atoms with Crippen LogP contribution in [0.4, 0.5) is 11.6 Å². The van der Waals surface area contributed by atoms with Gasteiger partial charge >= 0.3 is 0 Å². The molecule has 2 N–H and O–H groups in total. The lowest BCUT2D eigenvalue weighted by Gasteiger charge is -2.36. The Morgan fingerprint density at radius 3 is 2.61 bits per heavy atom. The van der Waals surface area contributed by atoms with E-state index in [9.17, 15) is 4.79 Å². The van der Waals surface area contributed by atoms with Crippen LogP contribution in [-0.4, -0.2) is 63.9 Å². The summed E-state index contributed by atoms with van der Waals surface area (Å²) in [6, 6.07) is 8.02. The van der Waals surface area contributed by atoms with E-state index in [-0.39, 0.29) is 11.1 Å². The van der Waals surface area contributed by atoms with E-state index in [4.69, 9.17) is 11.6 Å². The summed E-state index contributed by atoms with van der Waals surface area (Å²) >= 11 is 6.33. The second-order valence-electron chi connectivity index (χ2n) is 8.94. The fourth-order valence-corrected chi connectivity index (χ4v) is 4.18.